The summed E-state index contributed by atoms with van der Waals surface area (Å²) in [6.45, 7) is 0. The zero-order valence-electron chi connectivity index (χ0n) is 60.6. The summed E-state index contributed by atoms with van der Waals surface area (Å²) < 4.78 is 0. The molecule has 0 aliphatic carbocycles. The van der Waals surface area contributed by atoms with Gasteiger partial charge in [-0.3, -0.25) is 0 Å². The summed E-state index contributed by atoms with van der Waals surface area (Å²) in [5.74, 6) is 0. The van der Waals surface area contributed by atoms with Crippen LogP contribution in [0.25, 0.3) is 154 Å². The van der Waals surface area contributed by atoms with Crippen molar-refractivity contribution < 1.29 is 0 Å². The number of rotatable bonds is 14. The fourth-order valence-electron chi connectivity index (χ4n) is 16.2. The summed E-state index contributed by atoms with van der Waals surface area (Å²) in [5, 5.41) is 15.2. The Morgan fingerprint density at radius 1 is 0.109 bits per heavy atom. The topological polar surface area (TPSA) is 6.48 Å². The first-order valence-corrected chi connectivity index (χ1v) is 37.8. The molecule has 0 saturated heterocycles. The Hall–Kier alpha value is -14.4. The Kier molecular flexibility index (Phi) is 17.8. The van der Waals surface area contributed by atoms with Crippen LogP contribution in [-0.4, -0.2) is 0 Å². The van der Waals surface area contributed by atoms with E-state index >= 15 is 0 Å². The molecule has 516 valence electrons. The van der Waals surface area contributed by atoms with Gasteiger partial charge >= 0.3 is 0 Å². The predicted octanol–water partition coefficient (Wildman–Crippen LogP) is 30.6. The molecule has 0 aliphatic rings. The van der Waals surface area contributed by atoms with E-state index in [1.54, 1.807) is 0 Å². The van der Waals surface area contributed by atoms with Crippen LogP contribution in [0.15, 0.2) is 449 Å². The Bertz CT molecular complexity index is 6660. The van der Waals surface area contributed by atoms with Gasteiger partial charge in [0.25, 0.3) is 0 Å². The zero-order chi connectivity index (χ0) is 73.1. The molecule has 110 heavy (non-hydrogen) atoms. The molecule has 0 bridgehead atoms. The van der Waals surface area contributed by atoms with Crippen LogP contribution in [0.5, 0.6) is 0 Å². The Morgan fingerprint density at radius 3 is 0.618 bits per heavy atom. The first kappa shape index (κ1) is 66.3. The number of benzene rings is 20. The molecule has 20 aromatic carbocycles. The highest BCUT2D eigenvalue weighted by atomic mass is 15.1. The Labute approximate surface area is 642 Å². The molecule has 0 heterocycles. The first-order chi connectivity index (χ1) is 54.5. The smallest absolute Gasteiger partial charge is 0.0462 e. The molecule has 0 aliphatic heterocycles. The normalized spacial score (nSPS) is 11.3. The lowest BCUT2D eigenvalue weighted by molar-refractivity contribution is 1.28. The molecule has 0 spiro atoms. The maximum Gasteiger partial charge on any atom is 0.0462 e. The number of hydrogen-bond donors (Lipinski definition) is 0. The van der Waals surface area contributed by atoms with Crippen molar-refractivity contribution in [2.24, 2.45) is 0 Å². The van der Waals surface area contributed by atoms with Gasteiger partial charge in [0.2, 0.25) is 0 Å². The summed E-state index contributed by atoms with van der Waals surface area (Å²) in [6.07, 6.45) is 0. The summed E-state index contributed by atoms with van der Waals surface area (Å²) in [7, 11) is 0. The summed E-state index contributed by atoms with van der Waals surface area (Å²) in [6, 6.07) is 163. The van der Waals surface area contributed by atoms with E-state index < -0.39 is 0 Å². The Balaban J connectivity index is 0.000000149. The Morgan fingerprint density at radius 2 is 0.309 bits per heavy atom. The van der Waals surface area contributed by atoms with Crippen LogP contribution in [0.1, 0.15) is 0 Å². The lowest BCUT2D eigenvalue weighted by atomic mass is 9.93. The van der Waals surface area contributed by atoms with Crippen molar-refractivity contribution >= 4 is 98.8 Å². The van der Waals surface area contributed by atoms with Gasteiger partial charge in [0, 0.05) is 34.1 Å². The van der Waals surface area contributed by atoms with Crippen LogP contribution in [0.4, 0.5) is 34.1 Å². The molecule has 20 rings (SSSR count). The minimum atomic E-state index is 1.10. The van der Waals surface area contributed by atoms with Crippen molar-refractivity contribution in [3.63, 3.8) is 0 Å². The average Bonchev–Trinajstić information content (AvgIpc) is 0.766. The van der Waals surface area contributed by atoms with Gasteiger partial charge < -0.3 is 9.80 Å². The fourth-order valence-corrected chi connectivity index (χ4v) is 16.2. The quantitative estimate of drug-likeness (QED) is 0.100. The molecule has 0 fully saturated rings. The molecule has 0 unspecified atom stereocenters. The fraction of sp³-hybridized carbons (Fsp3) is 0. The minimum Gasteiger partial charge on any atom is -0.311 e. The van der Waals surface area contributed by atoms with Crippen LogP contribution < -0.4 is 9.80 Å². The second kappa shape index (κ2) is 29.5. The van der Waals surface area contributed by atoms with Gasteiger partial charge in [0.05, 0.1) is 0 Å². The van der Waals surface area contributed by atoms with Crippen molar-refractivity contribution in [3.8, 4) is 89.0 Å². The number of fused-ring (bicyclic) bond motifs is 8. The molecule has 20 aromatic rings. The van der Waals surface area contributed by atoms with Crippen LogP contribution in [0, 0.1) is 0 Å². The molecular formula is C108H74N2. The molecule has 0 atom stereocenters. The SMILES string of the molecule is c1ccc(-c2ccc(-c3ccc(N(c4ccc(-c5cccc6ccccc56)cc4)c4ccc(-c5cc6ccccc6c6ccccc56)cc4)cc3)cc2)cc1.c1ccc(-c2ccc(N(c3ccc(-c4ccc(-c5cccc6ccccc56)cc4)cc3)c3ccc(-c4cc5ccccc5c5ccccc45)cc3)cc2)cc1. The predicted molar refractivity (Wildman–Crippen MR) is 471 cm³/mol. The molecular weight excluding hydrogens is 1330 g/mol. The van der Waals surface area contributed by atoms with Crippen molar-refractivity contribution in [2.45, 2.75) is 0 Å². The maximum absolute atomic E-state index is 2.36. The monoisotopic (exact) mass is 1400 g/mol. The van der Waals surface area contributed by atoms with E-state index in [4.69, 9.17) is 0 Å². The van der Waals surface area contributed by atoms with E-state index in [1.807, 2.05) is 0 Å². The second-order valence-corrected chi connectivity index (χ2v) is 28.3. The summed E-state index contributed by atoms with van der Waals surface area (Å²) in [4.78, 5) is 4.71. The van der Waals surface area contributed by atoms with Gasteiger partial charge in [-0.05, 0) is 239 Å². The van der Waals surface area contributed by atoms with Gasteiger partial charge in [0.1, 0.15) is 0 Å². The van der Waals surface area contributed by atoms with Crippen molar-refractivity contribution in [3.05, 3.63) is 449 Å². The van der Waals surface area contributed by atoms with E-state index in [0.717, 1.165) is 34.1 Å². The molecule has 0 N–H and O–H groups in total. The second-order valence-electron chi connectivity index (χ2n) is 28.3. The molecule has 0 aromatic heterocycles. The highest BCUT2D eigenvalue weighted by Crippen LogP contribution is 2.44. The van der Waals surface area contributed by atoms with Crippen LogP contribution in [0.3, 0.4) is 0 Å². The third kappa shape index (κ3) is 13.1. The minimum absolute atomic E-state index is 1.10. The molecule has 0 saturated carbocycles. The van der Waals surface area contributed by atoms with Crippen molar-refractivity contribution in [1.82, 2.24) is 0 Å². The van der Waals surface area contributed by atoms with E-state index in [9.17, 15) is 0 Å². The molecule has 0 amide bonds. The lowest BCUT2D eigenvalue weighted by Crippen LogP contribution is -2.09. The van der Waals surface area contributed by atoms with Gasteiger partial charge in [-0.2, -0.15) is 0 Å². The highest BCUT2D eigenvalue weighted by Gasteiger charge is 2.19. The summed E-state index contributed by atoms with van der Waals surface area (Å²) in [5.41, 5.74) is 26.1. The van der Waals surface area contributed by atoms with Gasteiger partial charge in [-0.25, -0.2) is 0 Å². The largest absolute Gasteiger partial charge is 0.311 e. The molecule has 2 heteroatoms. The molecule has 0 radical (unpaired) electrons. The number of nitrogens with zero attached hydrogens (tertiary/aromatic N) is 2. The van der Waals surface area contributed by atoms with Crippen LogP contribution >= 0.6 is 0 Å². The van der Waals surface area contributed by atoms with E-state index in [0.29, 0.717) is 0 Å². The molecule has 2 nitrogen and oxygen atoms in total. The standard InChI is InChI=1S/2C54H37N/c1-2-11-38(12-3-1)40-25-31-46(32-26-40)55(48-35-29-44(30-36-48)54-37-45-14-5-7-17-51(45)52-18-8-9-19-53(52)54)47-33-27-41(28-34-47)39-21-23-43(24-22-39)50-20-10-15-42-13-4-6-16-49(42)50;1-2-11-38(12-3-1)39-21-23-40(24-22-39)41-25-31-46(32-26-41)55(47-33-27-43(28-34-47)50-20-10-15-42-13-4-6-16-49(42)50)48-35-29-44(30-36-48)54-37-45-14-5-7-17-51(45)52-18-8-9-19-53(52)54/h2*1-37H. The summed E-state index contributed by atoms with van der Waals surface area (Å²) >= 11 is 0. The zero-order valence-corrected chi connectivity index (χ0v) is 60.6. The van der Waals surface area contributed by atoms with Crippen LogP contribution in [0.2, 0.25) is 0 Å². The van der Waals surface area contributed by atoms with Gasteiger partial charge in [-0.1, -0.05) is 364 Å². The van der Waals surface area contributed by atoms with E-state index in [1.165, 1.54) is 154 Å². The van der Waals surface area contributed by atoms with Crippen molar-refractivity contribution in [2.75, 3.05) is 9.80 Å². The van der Waals surface area contributed by atoms with Gasteiger partial charge in [-0.15, -0.1) is 0 Å². The highest BCUT2D eigenvalue weighted by molar-refractivity contribution is 6.15. The number of hydrogen-bond acceptors (Lipinski definition) is 2. The van der Waals surface area contributed by atoms with Crippen molar-refractivity contribution in [1.29, 1.82) is 0 Å². The lowest BCUT2D eigenvalue weighted by Gasteiger charge is -2.26. The third-order valence-corrected chi connectivity index (χ3v) is 21.8. The third-order valence-electron chi connectivity index (χ3n) is 21.8. The van der Waals surface area contributed by atoms with E-state index in [-0.39, 0.29) is 0 Å². The maximum atomic E-state index is 2.36. The van der Waals surface area contributed by atoms with Crippen LogP contribution in [-0.2, 0) is 0 Å². The first-order valence-electron chi connectivity index (χ1n) is 37.8. The average molecular weight is 1400 g/mol. The number of anilines is 6. The van der Waals surface area contributed by atoms with Gasteiger partial charge in [0.15, 0.2) is 0 Å². The van der Waals surface area contributed by atoms with E-state index in [2.05, 4.69) is 459 Å².